The normalized spacial score (nSPS) is 43.4. The molecule has 9 nitrogen and oxygen atoms in total. The third kappa shape index (κ3) is 4.97. The summed E-state index contributed by atoms with van der Waals surface area (Å²) >= 11 is 0. The molecule has 8 atom stereocenters. The highest BCUT2D eigenvalue weighted by Crippen LogP contribution is 2.72. The summed E-state index contributed by atoms with van der Waals surface area (Å²) in [6.45, 7) is 10.1. The van der Waals surface area contributed by atoms with Crippen molar-refractivity contribution in [2.75, 3.05) is 19.8 Å². The van der Waals surface area contributed by atoms with Crippen molar-refractivity contribution in [3.8, 4) is 0 Å². The summed E-state index contributed by atoms with van der Waals surface area (Å²) in [4.78, 5) is 37.6. The summed E-state index contributed by atoms with van der Waals surface area (Å²) in [6, 6.07) is 0. The number of hydrogen-bond donors (Lipinski definition) is 0. The molecule has 2 aliphatic carbocycles. The Labute approximate surface area is 235 Å². The average molecular weight is 557 g/mol. The summed E-state index contributed by atoms with van der Waals surface area (Å²) < 4.78 is 36.1. The zero-order chi connectivity index (χ0) is 28.7. The Morgan fingerprint density at radius 1 is 1.07 bits per heavy atom. The van der Waals surface area contributed by atoms with Gasteiger partial charge in [-0.2, -0.15) is 0 Å². The summed E-state index contributed by atoms with van der Waals surface area (Å²) in [5.74, 6) is -1.33. The Hall–Kier alpha value is -2.75. The van der Waals surface area contributed by atoms with E-state index in [0.717, 1.165) is 18.4 Å². The van der Waals surface area contributed by atoms with Crippen LogP contribution < -0.4 is 0 Å². The van der Waals surface area contributed by atoms with Gasteiger partial charge in [-0.25, -0.2) is 9.59 Å². The average Bonchev–Trinajstić information content (AvgIpc) is 3.66. The van der Waals surface area contributed by atoms with Crippen LogP contribution in [0.25, 0.3) is 0 Å². The molecular formula is C31H40O9. The van der Waals surface area contributed by atoms with E-state index < -0.39 is 52.7 Å². The molecule has 0 aromatic carbocycles. The third-order valence-electron chi connectivity index (χ3n) is 9.58. The number of allylic oxidation sites excluding steroid dienone is 3. The van der Waals surface area contributed by atoms with Gasteiger partial charge in [0.1, 0.15) is 30.5 Å². The Balaban J connectivity index is 1.47. The van der Waals surface area contributed by atoms with Crippen molar-refractivity contribution in [3.05, 3.63) is 47.6 Å². The minimum atomic E-state index is -0.618. The Morgan fingerprint density at radius 2 is 1.85 bits per heavy atom. The number of hydrogen-bond acceptors (Lipinski definition) is 9. The maximum absolute atomic E-state index is 13.1. The number of carbonyl (C=O) groups is 3. The third-order valence-corrected chi connectivity index (χ3v) is 9.58. The van der Waals surface area contributed by atoms with Crippen molar-refractivity contribution in [3.63, 3.8) is 0 Å². The quantitative estimate of drug-likeness (QED) is 0.216. The van der Waals surface area contributed by atoms with Gasteiger partial charge in [0.05, 0.1) is 30.8 Å². The van der Waals surface area contributed by atoms with Gasteiger partial charge in [0.2, 0.25) is 0 Å². The van der Waals surface area contributed by atoms with E-state index in [2.05, 4.69) is 19.9 Å². The predicted molar refractivity (Wildman–Crippen MR) is 144 cm³/mol. The van der Waals surface area contributed by atoms with Crippen LogP contribution in [0.1, 0.15) is 60.3 Å². The van der Waals surface area contributed by atoms with Gasteiger partial charge in [0.15, 0.2) is 0 Å². The van der Waals surface area contributed by atoms with Crippen LogP contribution in [0.4, 0.5) is 0 Å². The molecule has 0 amide bonds. The van der Waals surface area contributed by atoms with E-state index in [1.54, 1.807) is 25.2 Å². The van der Waals surface area contributed by atoms with E-state index in [0.29, 0.717) is 26.1 Å². The van der Waals surface area contributed by atoms with Gasteiger partial charge in [-0.05, 0) is 40.0 Å². The van der Waals surface area contributed by atoms with Crippen molar-refractivity contribution in [1.29, 1.82) is 0 Å². The topological polar surface area (TPSA) is 110 Å². The molecule has 5 rings (SSSR count). The van der Waals surface area contributed by atoms with Crippen LogP contribution in [-0.4, -0.2) is 73.8 Å². The molecule has 2 spiro atoms. The summed E-state index contributed by atoms with van der Waals surface area (Å²) in [5.41, 5.74) is 0.234. The molecule has 3 fully saturated rings. The highest BCUT2D eigenvalue weighted by Gasteiger charge is 2.83. The van der Waals surface area contributed by atoms with E-state index >= 15 is 0 Å². The first-order valence-electron chi connectivity index (χ1n) is 14.2. The maximum atomic E-state index is 13.1. The van der Waals surface area contributed by atoms with E-state index in [9.17, 15) is 14.4 Å². The van der Waals surface area contributed by atoms with Gasteiger partial charge >= 0.3 is 17.9 Å². The van der Waals surface area contributed by atoms with Crippen molar-refractivity contribution in [1.82, 2.24) is 0 Å². The van der Waals surface area contributed by atoms with Gasteiger partial charge in [-0.15, -0.1) is 0 Å². The molecule has 0 radical (unpaired) electrons. The van der Waals surface area contributed by atoms with Crippen LogP contribution in [0.15, 0.2) is 47.6 Å². The molecule has 9 heteroatoms. The fourth-order valence-corrected chi connectivity index (χ4v) is 7.17. The van der Waals surface area contributed by atoms with Crippen LogP contribution in [0.5, 0.6) is 0 Å². The Morgan fingerprint density at radius 3 is 2.58 bits per heavy atom. The molecule has 0 aromatic rings. The summed E-state index contributed by atoms with van der Waals surface area (Å²) in [5, 5.41) is 0. The number of rotatable bonds is 2. The van der Waals surface area contributed by atoms with Crippen LogP contribution in [0.2, 0.25) is 0 Å². The first-order chi connectivity index (χ1) is 19.0. The summed E-state index contributed by atoms with van der Waals surface area (Å²) in [7, 11) is 0. The van der Waals surface area contributed by atoms with Gasteiger partial charge in [-0.3, -0.25) is 4.79 Å². The molecule has 3 heterocycles. The van der Waals surface area contributed by atoms with Crippen molar-refractivity contribution in [2.24, 2.45) is 10.8 Å². The van der Waals surface area contributed by atoms with Crippen molar-refractivity contribution in [2.45, 2.75) is 96.4 Å². The molecule has 1 unspecified atom stereocenters. The molecule has 2 bridgehead atoms. The molecule has 2 saturated heterocycles. The van der Waals surface area contributed by atoms with Crippen LogP contribution in [0, 0.1) is 10.8 Å². The van der Waals surface area contributed by atoms with E-state index in [1.807, 2.05) is 6.92 Å². The SMILES string of the molecule is CC(=O)O[C@@H](C)[C@@H]1/C=C/C=C\C(=O)O[C@@H]2C[C@H]3O[C@@H]4C=C(C)CC[C@]4(COC(=O)/C=C(\C)CCO1)[C@]2(C)C31CO1. The highest BCUT2D eigenvalue weighted by atomic mass is 16.6. The fraction of sp³-hybridized carbons (Fsp3) is 0.645. The number of epoxide rings is 1. The number of ether oxygens (including phenoxy) is 6. The minimum Gasteiger partial charge on any atom is -0.462 e. The van der Waals surface area contributed by atoms with Gasteiger partial charge < -0.3 is 28.4 Å². The van der Waals surface area contributed by atoms with E-state index in [4.69, 9.17) is 28.4 Å². The monoisotopic (exact) mass is 556 g/mol. The molecule has 1 saturated carbocycles. The van der Waals surface area contributed by atoms with E-state index in [1.165, 1.54) is 24.6 Å². The lowest BCUT2D eigenvalue weighted by molar-refractivity contribution is -0.232. The van der Waals surface area contributed by atoms with Crippen LogP contribution in [0.3, 0.4) is 0 Å². The molecule has 3 aliphatic heterocycles. The molecule has 218 valence electrons. The van der Waals surface area contributed by atoms with Gasteiger partial charge in [0.25, 0.3) is 0 Å². The lowest BCUT2D eigenvalue weighted by atomic mass is 9.51. The smallest absolute Gasteiger partial charge is 0.331 e. The largest absolute Gasteiger partial charge is 0.462 e. The van der Waals surface area contributed by atoms with Gasteiger partial charge in [0, 0.05) is 30.9 Å². The van der Waals surface area contributed by atoms with Crippen molar-refractivity contribution < 1.29 is 42.8 Å². The highest BCUT2D eigenvalue weighted by molar-refractivity contribution is 5.83. The maximum Gasteiger partial charge on any atom is 0.331 e. The molecular weight excluding hydrogens is 516 g/mol. The lowest BCUT2D eigenvalue weighted by Gasteiger charge is -2.58. The first-order valence-corrected chi connectivity index (χ1v) is 14.2. The second-order valence-corrected chi connectivity index (χ2v) is 12.0. The van der Waals surface area contributed by atoms with E-state index in [-0.39, 0.29) is 18.8 Å². The zero-order valence-corrected chi connectivity index (χ0v) is 24.0. The van der Waals surface area contributed by atoms with Crippen LogP contribution in [-0.2, 0) is 42.8 Å². The fourth-order valence-electron chi connectivity index (χ4n) is 7.17. The number of esters is 3. The Kier molecular flexibility index (Phi) is 7.85. The second-order valence-electron chi connectivity index (χ2n) is 12.0. The Bertz CT molecular complexity index is 1160. The van der Waals surface area contributed by atoms with Crippen molar-refractivity contribution >= 4 is 17.9 Å². The molecule has 0 N–H and O–H groups in total. The molecule has 5 aliphatic rings. The predicted octanol–water partition coefficient (Wildman–Crippen LogP) is 3.91. The minimum absolute atomic E-state index is 0.128. The molecule has 0 aromatic heterocycles. The number of carbonyl (C=O) groups excluding carboxylic acids is 3. The zero-order valence-electron chi connectivity index (χ0n) is 24.0. The van der Waals surface area contributed by atoms with Crippen LogP contribution >= 0.6 is 0 Å². The first kappa shape index (κ1) is 28.8. The number of cyclic esters (lactones) is 1. The molecule has 40 heavy (non-hydrogen) atoms. The standard InChI is InChI=1S/C31H40O9/c1-19-10-12-30-17-36-28(34)15-20(2)11-13-35-23(21(3)38-22(4)32)8-6-7-9-27(33)40-24-16-26(39-25(30)14-19)31(18-37-31)29(24,30)5/h6-9,14-15,21,23-26H,10-13,16-18H2,1-5H3/b8-6+,9-7-,20-15+/t21-,23-,24+,25+,26+,29+,30+,31?/m0/s1. The second kappa shape index (κ2) is 10.9. The lowest BCUT2D eigenvalue weighted by Crippen LogP contribution is -2.66. The summed E-state index contributed by atoms with van der Waals surface area (Å²) in [6.07, 6.45) is 10.5. The van der Waals surface area contributed by atoms with Gasteiger partial charge in [-0.1, -0.05) is 42.4 Å².